The van der Waals surface area contributed by atoms with Crippen molar-refractivity contribution in [2.45, 2.75) is 56.2 Å². The van der Waals surface area contributed by atoms with Gasteiger partial charge in [-0.2, -0.15) is 0 Å². The van der Waals surface area contributed by atoms with Crippen molar-refractivity contribution >= 4 is 37.3 Å². The lowest BCUT2D eigenvalue weighted by molar-refractivity contribution is 0.204. The highest BCUT2D eigenvalue weighted by Gasteiger charge is 2.26. The second-order valence-corrected chi connectivity index (χ2v) is 9.54. The van der Waals surface area contributed by atoms with E-state index >= 15 is 0 Å². The Bertz CT molecular complexity index is 516. The third-order valence-electron chi connectivity index (χ3n) is 3.59. The monoisotopic (exact) mass is 397 g/mol. The van der Waals surface area contributed by atoms with Gasteiger partial charge in [0.25, 0.3) is 0 Å². The van der Waals surface area contributed by atoms with E-state index in [1.165, 1.54) is 11.3 Å². The number of rotatable bonds is 10. The molecule has 4 nitrogen and oxygen atoms in total. The Kier molecular flexibility index (Phi) is 8.41. The third kappa shape index (κ3) is 5.98. The van der Waals surface area contributed by atoms with Gasteiger partial charge in [-0.15, -0.1) is 11.3 Å². The van der Waals surface area contributed by atoms with Crippen molar-refractivity contribution in [3.05, 3.63) is 15.9 Å². The predicted molar refractivity (Wildman–Crippen MR) is 91.1 cm³/mol. The number of halogens is 1. The molecule has 2 atom stereocenters. The first-order valence-electron chi connectivity index (χ1n) is 7.33. The maximum absolute atomic E-state index is 12.3. The fraction of sp³-hybridized carbons (Fsp3) is 0.714. The minimum atomic E-state index is -3.56. The van der Waals surface area contributed by atoms with Crippen LogP contribution in [0.15, 0.2) is 20.1 Å². The molecule has 1 heterocycles. The Labute approximate surface area is 140 Å². The van der Waals surface area contributed by atoms with E-state index in [-0.39, 0.29) is 16.7 Å². The second-order valence-electron chi connectivity index (χ2n) is 5.13. The van der Waals surface area contributed by atoms with Crippen molar-refractivity contribution in [3.8, 4) is 0 Å². The lowest BCUT2D eigenvalue weighted by atomic mass is 9.92. The van der Waals surface area contributed by atoms with Crippen LogP contribution in [0.5, 0.6) is 0 Å². The molecule has 0 aliphatic heterocycles. The van der Waals surface area contributed by atoms with Gasteiger partial charge < -0.3 is 5.11 Å². The first-order valence-corrected chi connectivity index (χ1v) is 10.4. The summed E-state index contributed by atoms with van der Waals surface area (Å²) < 4.78 is 28.4. The smallest absolute Gasteiger partial charge is 0.250 e. The van der Waals surface area contributed by atoms with Crippen LogP contribution in [0.1, 0.15) is 46.0 Å². The minimum Gasteiger partial charge on any atom is -0.395 e. The molecule has 7 heteroatoms. The van der Waals surface area contributed by atoms with Gasteiger partial charge in [-0.3, -0.25) is 0 Å². The van der Waals surface area contributed by atoms with Gasteiger partial charge >= 0.3 is 0 Å². The first-order chi connectivity index (χ1) is 9.94. The average molecular weight is 398 g/mol. The van der Waals surface area contributed by atoms with E-state index in [2.05, 4.69) is 27.6 Å². The molecule has 0 saturated carbocycles. The van der Waals surface area contributed by atoms with Gasteiger partial charge in [0, 0.05) is 6.04 Å². The molecule has 0 aromatic carbocycles. The molecule has 0 aliphatic rings. The molecule has 0 aliphatic carbocycles. The number of thiophene rings is 1. The van der Waals surface area contributed by atoms with Gasteiger partial charge in [0.05, 0.1) is 10.4 Å². The van der Waals surface area contributed by atoms with Gasteiger partial charge in [-0.1, -0.05) is 39.5 Å². The zero-order valence-electron chi connectivity index (χ0n) is 12.5. The molecule has 122 valence electrons. The number of aliphatic hydroxyl groups excluding tert-OH is 1. The number of unbranched alkanes of at least 4 members (excludes halogenated alkanes) is 2. The van der Waals surface area contributed by atoms with Crippen molar-refractivity contribution in [2.75, 3.05) is 6.61 Å². The van der Waals surface area contributed by atoms with Gasteiger partial charge in [0.15, 0.2) is 0 Å². The van der Waals surface area contributed by atoms with Crippen LogP contribution in [0, 0.1) is 5.92 Å². The molecule has 1 aromatic heterocycles. The summed E-state index contributed by atoms with van der Waals surface area (Å²) in [7, 11) is -3.56. The number of hydrogen-bond acceptors (Lipinski definition) is 4. The molecule has 1 rings (SSSR count). The van der Waals surface area contributed by atoms with Gasteiger partial charge in [-0.05, 0) is 40.4 Å². The van der Waals surface area contributed by atoms with E-state index in [0.717, 1.165) is 35.9 Å². The molecule has 2 N–H and O–H groups in total. The zero-order valence-corrected chi connectivity index (χ0v) is 15.7. The summed E-state index contributed by atoms with van der Waals surface area (Å²) in [4.78, 5) is 0. The maximum Gasteiger partial charge on any atom is 0.250 e. The van der Waals surface area contributed by atoms with E-state index in [1.807, 2.05) is 6.92 Å². The van der Waals surface area contributed by atoms with Crippen molar-refractivity contribution in [1.82, 2.24) is 4.72 Å². The normalized spacial score (nSPS) is 15.0. The van der Waals surface area contributed by atoms with Crippen LogP contribution >= 0.6 is 27.3 Å². The highest BCUT2D eigenvalue weighted by atomic mass is 79.9. The zero-order chi connectivity index (χ0) is 15.9. The Morgan fingerprint density at radius 2 is 2.05 bits per heavy atom. The quantitative estimate of drug-likeness (QED) is 0.590. The third-order valence-corrected chi connectivity index (χ3v) is 7.19. The van der Waals surface area contributed by atoms with Crippen molar-refractivity contribution in [3.63, 3.8) is 0 Å². The molecular formula is C14H24BrNO3S2. The van der Waals surface area contributed by atoms with Crippen LogP contribution in [0.3, 0.4) is 0 Å². The van der Waals surface area contributed by atoms with Crippen LogP contribution in [-0.4, -0.2) is 26.2 Å². The summed E-state index contributed by atoms with van der Waals surface area (Å²) in [6.45, 7) is 4.01. The highest BCUT2D eigenvalue weighted by Crippen LogP contribution is 2.27. The maximum atomic E-state index is 12.3. The van der Waals surface area contributed by atoms with E-state index < -0.39 is 16.1 Å². The Balaban J connectivity index is 2.75. The van der Waals surface area contributed by atoms with Crippen molar-refractivity contribution in [2.24, 2.45) is 5.92 Å². The lowest BCUT2D eigenvalue weighted by Crippen LogP contribution is -2.42. The van der Waals surface area contributed by atoms with E-state index in [4.69, 9.17) is 0 Å². The highest BCUT2D eigenvalue weighted by molar-refractivity contribution is 9.11. The van der Waals surface area contributed by atoms with E-state index in [0.29, 0.717) is 0 Å². The topological polar surface area (TPSA) is 66.4 Å². The standard InChI is InChI=1S/C14H24BrNO3S2/c1-3-5-6-7-11(4-2)12(10-17)16-21(18,19)14-9-8-13(15)20-14/h8-9,11-12,16-17H,3-7,10H2,1-2H3/t11-,12+/m0/s1. The van der Waals surface area contributed by atoms with Crippen molar-refractivity contribution in [1.29, 1.82) is 0 Å². The van der Waals surface area contributed by atoms with Gasteiger partial charge in [0.2, 0.25) is 10.0 Å². The van der Waals surface area contributed by atoms with Crippen LogP contribution < -0.4 is 4.72 Å². The van der Waals surface area contributed by atoms with Crippen molar-refractivity contribution < 1.29 is 13.5 Å². The first kappa shape index (κ1) is 19.1. The molecule has 0 fully saturated rings. The molecule has 0 radical (unpaired) electrons. The predicted octanol–water partition coefficient (Wildman–Crippen LogP) is 3.76. The van der Waals surface area contributed by atoms with Gasteiger partial charge in [0.1, 0.15) is 4.21 Å². The lowest BCUT2D eigenvalue weighted by Gasteiger charge is -2.25. The summed E-state index contributed by atoms with van der Waals surface area (Å²) in [5.41, 5.74) is 0. The number of sulfonamides is 1. The fourth-order valence-electron chi connectivity index (χ4n) is 2.33. The summed E-state index contributed by atoms with van der Waals surface area (Å²) >= 11 is 4.44. The molecular weight excluding hydrogens is 374 g/mol. The molecule has 21 heavy (non-hydrogen) atoms. The number of aliphatic hydroxyl groups is 1. The second kappa shape index (κ2) is 9.25. The Hall–Kier alpha value is 0.0500. The van der Waals surface area contributed by atoms with Crippen LogP contribution in [0.25, 0.3) is 0 Å². The van der Waals surface area contributed by atoms with Crippen LogP contribution in [0.2, 0.25) is 0 Å². The molecule has 0 saturated heterocycles. The number of nitrogens with one attached hydrogen (secondary N) is 1. The average Bonchev–Trinajstić information content (AvgIpc) is 2.89. The van der Waals surface area contributed by atoms with E-state index in [9.17, 15) is 13.5 Å². The summed E-state index contributed by atoms with van der Waals surface area (Å²) in [6, 6.07) is 2.87. The summed E-state index contributed by atoms with van der Waals surface area (Å²) in [5.74, 6) is 0.166. The van der Waals surface area contributed by atoms with Crippen LogP contribution in [0.4, 0.5) is 0 Å². The Morgan fingerprint density at radius 1 is 1.33 bits per heavy atom. The van der Waals surface area contributed by atoms with Gasteiger partial charge in [-0.25, -0.2) is 13.1 Å². The SMILES string of the molecule is CCCCC[C@H](CC)[C@@H](CO)NS(=O)(=O)c1ccc(Br)s1. The number of hydrogen-bond donors (Lipinski definition) is 2. The fourth-order valence-corrected chi connectivity index (χ4v) is 5.65. The largest absolute Gasteiger partial charge is 0.395 e. The summed E-state index contributed by atoms with van der Waals surface area (Å²) in [5, 5.41) is 9.57. The molecule has 0 unspecified atom stereocenters. The summed E-state index contributed by atoms with van der Waals surface area (Å²) in [6.07, 6.45) is 5.13. The molecule has 0 amide bonds. The Morgan fingerprint density at radius 3 is 2.52 bits per heavy atom. The molecule has 1 aromatic rings. The minimum absolute atomic E-state index is 0.166. The molecule has 0 spiro atoms. The molecule has 0 bridgehead atoms. The van der Waals surface area contributed by atoms with Crippen LogP contribution in [-0.2, 0) is 10.0 Å². The van der Waals surface area contributed by atoms with E-state index in [1.54, 1.807) is 12.1 Å².